The van der Waals surface area contributed by atoms with Crippen molar-refractivity contribution in [2.24, 2.45) is 0 Å². The summed E-state index contributed by atoms with van der Waals surface area (Å²) in [5.74, 6) is 0. The molecule has 10 heavy (non-hydrogen) atoms. The van der Waals surface area contributed by atoms with E-state index in [-0.39, 0.29) is 29.6 Å². The molecule has 1 aromatic rings. The van der Waals surface area contributed by atoms with Crippen molar-refractivity contribution in [3.63, 3.8) is 0 Å². The first-order valence-corrected chi connectivity index (χ1v) is 3.44. The van der Waals surface area contributed by atoms with Crippen LogP contribution < -0.4 is 0 Å². The van der Waals surface area contributed by atoms with Gasteiger partial charge in [0.15, 0.2) is 0 Å². The minimum absolute atomic E-state index is 0. The molecule has 0 atom stereocenters. The molecule has 0 fully saturated rings. The first-order valence-electron chi connectivity index (χ1n) is 2.31. The molecule has 0 saturated heterocycles. The summed E-state index contributed by atoms with van der Waals surface area (Å²) in [6, 6.07) is 5.13. The van der Waals surface area contributed by atoms with Gasteiger partial charge in [0.05, 0.1) is 15.1 Å². The predicted molar refractivity (Wildman–Crippen MR) is 47.2 cm³/mol. The summed E-state index contributed by atoms with van der Waals surface area (Å²) < 4.78 is 0. The van der Waals surface area contributed by atoms with Gasteiger partial charge in [-0.1, -0.05) is 40.9 Å². The first-order chi connectivity index (χ1) is 4.22. The van der Waals surface area contributed by atoms with Crippen LogP contribution in [-0.4, -0.2) is 29.6 Å². The Morgan fingerprint density at radius 1 is 0.900 bits per heavy atom. The van der Waals surface area contributed by atoms with Crippen LogP contribution in [-0.2, 0) is 0 Å². The molecule has 0 aliphatic rings. The second-order valence-electron chi connectivity index (χ2n) is 1.54. The van der Waals surface area contributed by atoms with E-state index in [1.165, 1.54) is 0 Å². The van der Waals surface area contributed by atoms with Crippen molar-refractivity contribution in [3.05, 3.63) is 33.3 Å². The third kappa shape index (κ3) is 2.61. The molecule has 4 heteroatoms. The van der Waals surface area contributed by atoms with Crippen LogP contribution in [0.1, 0.15) is 0 Å². The Hall–Kier alpha value is 1.09. The van der Waals surface area contributed by atoms with Crippen molar-refractivity contribution in [2.75, 3.05) is 0 Å². The monoisotopic (exact) mass is 203 g/mol. The van der Waals surface area contributed by atoms with Gasteiger partial charge in [0.2, 0.25) is 0 Å². The van der Waals surface area contributed by atoms with Gasteiger partial charge in [-0.3, -0.25) is 0 Å². The van der Waals surface area contributed by atoms with Crippen LogP contribution in [0.15, 0.2) is 18.2 Å². The van der Waals surface area contributed by atoms with Gasteiger partial charge in [-0.2, -0.15) is 0 Å². The molecule has 0 spiro atoms. The van der Waals surface area contributed by atoms with Crippen molar-refractivity contribution in [1.29, 1.82) is 0 Å². The zero-order chi connectivity index (χ0) is 6.85. The molecule has 1 radical (unpaired) electrons. The van der Waals surface area contributed by atoms with Crippen LogP contribution in [0.25, 0.3) is 0 Å². The molecule has 0 unspecified atom stereocenters. The molecular weight excluding hydrogens is 201 g/mol. The molecule has 0 bridgehead atoms. The Morgan fingerprint density at radius 3 is 1.60 bits per heavy atom. The second-order valence-corrected chi connectivity index (χ2v) is 2.73. The predicted octanol–water partition coefficient (Wildman–Crippen LogP) is 3.27. The fraction of sp³-hybridized carbons (Fsp3) is 0. The fourth-order valence-electron chi connectivity index (χ4n) is 0.477. The second kappa shape index (κ2) is 4.87. The van der Waals surface area contributed by atoms with Crippen molar-refractivity contribution >= 4 is 64.4 Å². The first kappa shape index (κ1) is 11.1. The summed E-state index contributed by atoms with van der Waals surface area (Å²) in [5.41, 5.74) is 0. The molecule has 0 aliphatic heterocycles. The van der Waals surface area contributed by atoms with Crippen LogP contribution in [0.4, 0.5) is 0 Å². The van der Waals surface area contributed by atoms with Crippen LogP contribution in [0.2, 0.25) is 15.1 Å². The van der Waals surface area contributed by atoms with Crippen molar-refractivity contribution in [2.45, 2.75) is 0 Å². The van der Waals surface area contributed by atoms with E-state index in [1.54, 1.807) is 18.2 Å². The fourth-order valence-corrected chi connectivity index (χ4v) is 1.00. The number of hydrogen-bond donors (Lipinski definition) is 0. The van der Waals surface area contributed by atoms with Gasteiger partial charge in [-0.05, 0) is 12.1 Å². The van der Waals surface area contributed by atoms with Crippen molar-refractivity contribution in [3.8, 4) is 0 Å². The van der Waals surface area contributed by atoms with Gasteiger partial charge >= 0.3 is 0 Å². The smallest absolute Gasteiger partial charge is 0.0778 e. The van der Waals surface area contributed by atoms with Gasteiger partial charge < -0.3 is 0 Å². The van der Waals surface area contributed by atoms with Gasteiger partial charge in [-0.25, -0.2) is 0 Å². The molecule has 0 heterocycles. The zero-order valence-corrected chi connectivity index (χ0v) is 9.63. The largest absolute Gasteiger partial charge is 0.0827 e. The van der Waals surface area contributed by atoms with E-state index < -0.39 is 0 Å². The summed E-state index contributed by atoms with van der Waals surface area (Å²) in [6.07, 6.45) is 0. The van der Waals surface area contributed by atoms with Gasteiger partial charge in [0.25, 0.3) is 0 Å². The Balaban J connectivity index is 0.000000810. The van der Waals surface area contributed by atoms with E-state index in [0.29, 0.717) is 15.1 Å². The molecule has 0 amide bonds. The SMILES string of the molecule is Clc1cccc(Cl)c1Cl.[Na]. The minimum atomic E-state index is 0. The van der Waals surface area contributed by atoms with Crippen LogP contribution in [0.3, 0.4) is 0 Å². The van der Waals surface area contributed by atoms with Crippen LogP contribution >= 0.6 is 34.8 Å². The number of hydrogen-bond acceptors (Lipinski definition) is 0. The van der Waals surface area contributed by atoms with E-state index in [9.17, 15) is 0 Å². The summed E-state index contributed by atoms with van der Waals surface area (Å²) >= 11 is 16.8. The van der Waals surface area contributed by atoms with Gasteiger partial charge in [-0.15, -0.1) is 0 Å². The Kier molecular flexibility index (Phi) is 5.40. The number of benzene rings is 1. The Bertz CT molecular complexity index is 204. The average molecular weight is 204 g/mol. The average Bonchev–Trinajstić information content (AvgIpc) is 1.83. The van der Waals surface area contributed by atoms with E-state index in [4.69, 9.17) is 34.8 Å². The molecule has 0 saturated carbocycles. The maximum absolute atomic E-state index is 5.61. The van der Waals surface area contributed by atoms with Crippen molar-refractivity contribution in [1.82, 2.24) is 0 Å². The zero-order valence-electron chi connectivity index (χ0n) is 5.37. The molecule has 1 rings (SSSR count). The maximum atomic E-state index is 5.61. The standard InChI is InChI=1S/C6H3Cl3.Na/c7-4-2-1-3-5(8)6(4)9;/h1-3H;. The van der Waals surface area contributed by atoms with E-state index in [0.717, 1.165) is 0 Å². The maximum Gasteiger partial charge on any atom is 0.0778 e. The summed E-state index contributed by atoms with van der Waals surface area (Å²) in [5, 5.41) is 1.40. The van der Waals surface area contributed by atoms with E-state index in [2.05, 4.69) is 0 Å². The number of rotatable bonds is 0. The number of halogens is 3. The van der Waals surface area contributed by atoms with Crippen LogP contribution in [0, 0.1) is 0 Å². The minimum Gasteiger partial charge on any atom is -0.0827 e. The molecular formula is C6H3Cl3Na. The normalized spacial score (nSPS) is 8.70. The molecule has 49 valence electrons. The Labute approximate surface area is 96.8 Å². The summed E-state index contributed by atoms with van der Waals surface area (Å²) in [7, 11) is 0. The van der Waals surface area contributed by atoms with E-state index >= 15 is 0 Å². The molecule has 0 aromatic heterocycles. The topological polar surface area (TPSA) is 0 Å². The van der Waals surface area contributed by atoms with Crippen LogP contribution in [0.5, 0.6) is 0 Å². The molecule has 0 N–H and O–H groups in total. The summed E-state index contributed by atoms with van der Waals surface area (Å²) in [6.45, 7) is 0. The third-order valence-corrected chi connectivity index (χ3v) is 2.14. The quantitative estimate of drug-likeness (QED) is 0.449. The third-order valence-electron chi connectivity index (χ3n) is 0.904. The van der Waals surface area contributed by atoms with Crippen molar-refractivity contribution < 1.29 is 0 Å². The van der Waals surface area contributed by atoms with Gasteiger partial charge in [0.1, 0.15) is 0 Å². The van der Waals surface area contributed by atoms with Gasteiger partial charge in [0, 0.05) is 29.6 Å². The van der Waals surface area contributed by atoms with E-state index in [1.807, 2.05) is 0 Å². The molecule has 1 aromatic carbocycles. The summed E-state index contributed by atoms with van der Waals surface area (Å²) in [4.78, 5) is 0. The molecule has 0 nitrogen and oxygen atoms in total. The molecule has 0 aliphatic carbocycles. The Morgan fingerprint density at radius 2 is 1.30 bits per heavy atom.